The van der Waals surface area contributed by atoms with Crippen molar-refractivity contribution in [3.63, 3.8) is 0 Å². The molecule has 0 bridgehead atoms. The molecular weight excluding hydrogens is 421 g/mol. The van der Waals surface area contributed by atoms with Crippen molar-refractivity contribution in [1.29, 1.82) is 0 Å². The standard InChI is InChI=1S/C20H34Cl3NO2Si/c1-7-27(8-2,9-3)26-18(14-24-10-11-25-20(4,5)6)19-16(22)12-15(21)13-17(19)23/h12-13,18,24H,7-11,14H2,1-6H3. The van der Waals surface area contributed by atoms with E-state index in [1.807, 2.05) is 0 Å². The van der Waals surface area contributed by atoms with Crippen LogP contribution in [-0.4, -0.2) is 33.6 Å². The Hall–Kier alpha value is 0.187. The number of nitrogens with one attached hydrogen (secondary N) is 1. The number of hydrogen-bond donors (Lipinski definition) is 1. The maximum atomic E-state index is 6.74. The van der Waals surface area contributed by atoms with Crippen LogP contribution in [0, 0.1) is 0 Å². The van der Waals surface area contributed by atoms with Crippen molar-refractivity contribution in [2.24, 2.45) is 0 Å². The molecule has 0 radical (unpaired) electrons. The van der Waals surface area contributed by atoms with Crippen LogP contribution >= 0.6 is 34.8 Å². The van der Waals surface area contributed by atoms with Gasteiger partial charge in [0.05, 0.1) is 18.3 Å². The van der Waals surface area contributed by atoms with E-state index in [-0.39, 0.29) is 11.7 Å². The van der Waals surface area contributed by atoms with Gasteiger partial charge < -0.3 is 14.5 Å². The molecule has 1 rings (SSSR count). The number of halogens is 3. The van der Waals surface area contributed by atoms with Crippen molar-refractivity contribution >= 4 is 43.1 Å². The second-order valence-electron chi connectivity index (χ2n) is 7.80. The summed E-state index contributed by atoms with van der Waals surface area (Å²) >= 11 is 19.1. The number of rotatable bonds is 11. The molecule has 1 N–H and O–H groups in total. The van der Waals surface area contributed by atoms with E-state index in [2.05, 4.69) is 46.9 Å². The predicted molar refractivity (Wildman–Crippen MR) is 121 cm³/mol. The molecule has 0 spiro atoms. The van der Waals surface area contributed by atoms with Gasteiger partial charge in [-0.15, -0.1) is 0 Å². The number of benzene rings is 1. The molecular formula is C20H34Cl3NO2Si. The van der Waals surface area contributed by atoms with Crippen LogP contribution in [0.5, 0.6) is 0 Å². The fourth-order valence-corrected chi connectivity index (χ4v) is 6.89. The van der Waals surface area contributed by atoms with E-state index in [1.165, 1.54) is 0 Å². The van der Waals surface area contributed by atoms with E-state index in [1.54, 1.807) is 12.1 Å². The second kappa shape index (κ2) is 11.4. The maximum absolute atomic E-state index is 6.74. The third-order valence-corrected chi connectivity index (χ3v) is 10.3. The van der Waals surface area contributed by atoms with E-state index in [0.717, 1.165) is 30.2 Å². The lowest BCUT2D eigenvalue weighted by Gasteiger charge is -2.34. The molecule has 0 aliphatic heterocycles. The summed E-state index contributed by atoms with van der Waals surface area (Å²) in [5.41, 5.74) is 0.675. The molecule has 0 aliphatic carbocycles. The molecule has 0 heterocycles. The van der Waals surface area contributed by atoms with Crippen LogP contribution in [0.3, 0.4) is 0 Å². The molecule has 0 aliphatic rings. The highest BCUT2D eigenvalue weighted by Crippen LogP contribution is 2.38. The Labute approximate surface area is 181 Å². The average Bonchev–Trinajstić information content (AvgIpc) is 2.57. The molecule has 1 unspecified atom stereocenters. The van der Waals surface area contributed by atoms with E-state index in [4.69, 9.17) is 44.0 Å². The first-order chi connectivity index (χ1) is 12.6. The Kier molecular flexibility index (Phi) is 10.6. The van der Waals surface area contributed by atoms with E-state index < -0.39 is 8.32 Å². The maximum Gasteiger partial charge on any atom is 0.192 e. The van der Waals surface area contributed by atoms with E-state index in [9.17, 15) is 0 Å². The van der Waals surface area contributed by atoms with Crippen LogP contribution in [-0.2, 0) is 9.16 Å². The average molecular weight is 455 g/mol. The lowest BCUT2D eigenvalue weighted by atomic mass is 10.1. The second-order valence-corrected chi connectivity index (χ2v) is 13.8. The zero-order valence-corrected chi connectivity index (χ0v) is 20.7. The van der Waals surface area contributed by atoms with Gasteiger partial charge in [-0.3, -0.25) is 0 Å². The largest absolute Gasteiger partial charge is 0.409 e. The normalized spacial score (nSPS) is 13.8. The summed E-state index contributed by atoms with van der Waals surface area (Å²) in [5, 5.41) is 5.08. The zero-order valence-electron chi connectivity index (χ0n) is 17.4. The van der Waals surface area contributed by atoms with Crippen LogP contribution in [0.25, 0.3) is 0 Å². The van der Waals surface area contributed by atoms with Crippen molar-refractivity contribution in [2.45, 2.75) is 71.4 Å². The summed E-state index contributed by atoms with van der Waals surface area (Å²) in [6, 6.07) is 6.65. The SMILES string of the molecule is CC[Si](CC)(CC)OC(CNCCOC(C)(C)C)c1c(Cl)cc(Cl)cc1Cl. The fraction of sp³-hybridized carbons (Fsp3) is 0.700. The Balaban J connectivity index is 2.97. The first-order valence-corrected chi connectivity index (χ1v) is 13.4. The van der Waals surface area contributed by atoms with Gasteiger partial charge in [0.15, 0.2) is 8.32 Å². The molecule has 0 saturated heterocycles. The summed E-state index contributed by atoms with van der Waals surface area (Å²) in [5.74, 6) is 0. The molecule has 3 nitrogen and oxygen atoms in total. The molecule has 0 amide bonds. The third-order valence-electron chi connectivity index (χ3n) is 4.83. The van der Waals surface area contributed by atoms with Crippen LogP contribution in [0.4, 0.5) is 0 Å². The van der Waals surface area contributed by atoms with Gasteiger partial charge in [0.2, 0.25) is 0 Å². The van der Waals surface area contributed by atoms with E-state index >= 15 is 0 Å². The molecule has 27 heavy (non-hydrogen) atoms. The Morgan fingerprint density at radius 3 is 1.96 bits per heavy atom. The smallest absolute Gasteiger partial charge is 0.192 e. The molecule has 1 aromatic rings. The quantitative estimate of drug-likeness (QED) is 0.285. The zero-order chi connectivity index (χ0) is 20.7. The monoisotopic (exact) mass is 453 g/mol. The molecule has 0 fully saturated rings. The lowest BCUT2D eigenvalue weighted by molar-refractivity contribution is -0.00147. The van der Waals surface area contributed by atoms with Crippen LogP contribution in [0.15, 0.2) is 12.1 Å². The third kappa shape index (κ3) is 8.21. The van der Waals surface area contributed by atoms with Crippen molar-refractivity contribution in [2.75, 3.05) is 19.7 Å². The number of ether oxygens (including phenoxy) is 1. The first-order valence-electron chi connectivity index (χ1n) is 9.74. The van der Waals surface area contributed by atoms with Crippen molar-refractivity contribution in [1.82, 2.24) is 5.32 Å². The summed E-state index contributed by atoms with van der Waals surface area (Å²) in [6.07, 6.45) is -0.205. The minimum atomic E-state index is -1.84. The van der Waals surface area contributed by atoms with Gasteiger partial charge in [0.25, 0.3) is 0 Å². The molecule has 156 valence electrons. The van der Waals surface area contributed by atoms with Crippen LogP contribution in [0.2, 0.25) is 33.2 Å². The van der Waals surface area contributed by atoms with Gasteiger partial charge in [-0.25, -0.2) is 0 Å². The summed E-state index contributed by atoms with van der Waals surface area (Å²) < 4.78 is 12.5. The molecule has 0 saturated carbocycles. The van der Waals surface area contributed by atoms with Crippen LogP contribution in [0.1, 0.15) is 53.2 Å². The summed E-state index contributed by atoms with van der Waals surface area (Å²) in [7, 11) is -1.84. The highest BCUT2D eigenvalue weighted by Gasteiger charge is 2.34. The fourth-order valence-electron chi connectivity index (χ4n) is 3.03. The molecule has 0 aromatic heterocycles. The Bertz CT molecular complexity index is 558. The van der Waals surface area contributed by atoms with Gasteiger partial charge in [-0.2, -0.15) is 0 Å². The molecule has 1 aromatic carbocycles. The van der Waals surface area contributed by atoms with Gasteiger partial charge >= 0.3 is 0 Å². The van der Waals surface area contributed by atoms with Gasteiger partial charge in [0.1, 0.15) is 0 Å². The highest BCUT2D eigenvalue weighted by atomic mass is 35.5. The van der Waals surface area contributed by atoms with Crippen molar-refractivity contribution < 1.29 is 9.16 Å². The van der Waals surface area contributed by atoms with Crippen LogP contribution < -0.4 is 5.32 Å². The van der Waals surface area contributed by atoms with Gasteiger partial charge in [-0.1, -0.05) is 55.6 Å². The van der Waals surface area contributed by atoms with Crippen molar-refractivity contribution in [3.05, 3.63) is 32.8 Å². The highest BCUT2D eigenvalue weighted by molar-refractivity contribution is 6.73. The Morgan fingerprint density at radius 2 is 1.52 bits per heavy atom. The van der Waals surface area contributed by atoms with Gasteiger partial charge in [-0.05, 0) is 51.0 Å². The van der Waals surface area contributed by atoms with Crippen molar-refractivity contribution in [3.8, 4) is 0 Å². The summed E-state index contributed by atoms with van der Waals surface area (Å²) in [6.45, 7) is 14.8. The Morgan fingerprint density at radius 1 is 1.00 bits per heavy atom. The molecule has 7 heteroatoms. The van der Waals surface area contributed by atoms with Gasteiger partial charge in [0, 0.05) is 33.7 Å². The predicted octanol–water partition coefficient (Wildman–Crippen LogP) is 7.11. The minimum Gasteiger partial charge on any atom is -0.409 e. The minimum absolute atomic E-state index is 0.144. The summed E-state index contributed by atoms with van der Waals surface area (Å²) in [4.78, 5) is 0. The molecule has 1 atom stereocenters. The number of hydrogen-bond acceptors (Lipinski definition) is 3. The lowest BCUT2D eigenvalue weighted by Crippen LogP contribution is -2.40. The first kappa shape index (κ1) is 25.2. The topological polar surface area (TPSA) is 30.5 Å². The van der Waals surface area contributed by atoms with E-state index in [0.29, 0.717) is 28.2 Å².